The van der Waals surface area contributed by atoms with Gasteiger partial charge in [-0.3, -0.25) is 0 Å². The Labute approximate surface area is 188 Å². The van der Waals surface area contributed by atoms with Crippen molar-refractivity contribution >= 4 is 15.5 Å². The summed E-state index contributed by atoms with van der Waals surface area (Å²) < 4.78 is 31.0. The Kier molecular flexibility index (Phi) is 10.7. The van der Waals surface area contributed by atoms with Crippen molar-refractivity contribution in [2.45, 2.75) is 78.1 Å². The van der Waals surface area contributed by atoms with Crippen LogP contribution >= 0.6 is 0 Å². The number of hydrogen-bond acceptors (Lipinski definition) is 5. The summed E-state index contributed by atoms with van der Waals surface area (Å²) in [6.45, 7) is 4.90. The van der Waals surface area contributed by atoms with Crippen molar-refractivity contribution in [3.05, 3.63) is 47.2 Å². The van der Waals surface area contributed by atoms with Crippen molar-refractivity contribution in [2.24, 2.45) is 0 Å². The molecule has 0 bridgehead atoms. The van der Waals surface area contributed by atoms with E-state index in [0.717, 1.165) is 30.7 Å². The van der Waals surface area contributed by atoms with Crippen LogP contribution in [-0.2, 0) is 9.84 Å². The average molecular weight is 445 g/mol. The van der Waals surface area contributed by atoms with Crippen LogP contribution in [0.4, 0.5) is 5.69 Å². The van der Waals surface area contributed by atoms with Gasteiger partial charge in [-0.1, -0.05) is 76.8 Å². The Morgan fingerprint density at radius 3 is 2.23 bits per heavy atom. The Hall–Kier alpha value is -2.26. The molecule has 170 valence electrons. The summed E-state index contributed by atoms with van der Waals surface area (Å²) in [4.78, 5) is 1.75. The molecule has 0 radical (unpaired) electrons. The van der Waals surface area contributed by atoms with E-state index < -0.39 is 9.84 Å². The van der Waals surface area contributed by atoms with E-state index in [9.17, 15) is 13.7 Å². The topological polar surface area (TPSA) is 70.4 Å². The Morgan fingerprint density at radius 1 is 1.00 bits per heavy atom. The molecule has 0 fully saturated rings. The Morgan fingerprint density at radius 2 is 1.61 bits per heavy atom. The lowest BCUT2D eigenvalue weighted by molar-refractivity contribution is 0.440. The van der Waals surface area contributed by atoms with Gasteiger partial charge in [-0.25, -0.2) is 8.42 Å². The van der Waals surface area contributed by atoms with Gasteiger partial charge in [0.05, 0.1) is 11.4 Å². The van der Waals surface area contributed by atoms with Crippen molar-refractivity contribution in [3.63, 3.8) is 0 Å². The third-order valence-electron chi connectivity index (χ3n) is 5.54. The molecule has 0 saturated heterocycles. The van der Waals surface area contributed by atoms with E-state index in [-0.39, 0.29) is 10.7 Å². The van der Waals surface area contributed by atoms with E-state index >= 15 is 0 Å². The van der Waals surface area contributed by atoms with Crippen LogP contribution < -0.4 is 9.64 Å². The maximum absolute atomic E-state index is 12.6. The number of unbranched alkanes of at least 4 members (excludes halogenated alkanes) is 9. The van der Waals surface area contributed by atoms with Crippen LogP contribution in [0.15, 0.2) is 47.2 Å². The van der Waals surface area contributed by atoms with Gasteiger partial charge in [-0.2, -0.15) is 5.26 Å². The van der Waals surface area contributed by atoms with E-state index in [4.69, 9.17) is 4.74 Å². The fraction of sp³-hybridized carbons (Fsp3) is 0.560. The molecule has 1 aromatic carbocycles. The van der Waals surface area contributed by atoms with Crippen LogP contribution in [0, 0.1) is 11.3 Å². The number of para-hydroxylation sites is 2. The monoisotopic (exact) mass is 444 g/mol. The maximum atomic E-state index is 12.6. The van der Waals surface area contributed by atoms with E-state index in [1.165, 1.54) is 44.6 Å². The van der Waals surface area contributed by atoms with Crippen LogP contribution in [0.25, 0.3) is 0 Å². The number of nitrogens with zero attached hydrogens (tertiary/aromatic N) is 2. The van der Waals surface area contributed by atoms with Crippen LogP contribution in [-0.4, -0.2) is 20.7 Å². The first-order chi connectivity index (χ1) is 15.0. The molecule has 0 aliphatic carbocycles. The number of allylic oxidation sites excluding steroid dienone is 3. The van der Waals surface area contributed by atoms with Gasteiger partial charge in [0.1, 0.15) is 11.0 Å². The van der Waals surface area contributed by atoms with E-state index in [1.54, 1.807) is 6.08 Å². The number of rotatable bonds is 14. The number of nitriles is 1. The molecular weight excluding hydrogens is 408 g/mol. The first-order valence-corrected chi connectivity index (χ1v) is 13.3. The Bertz CT molecular complexity index is 898. The van der Waals surface area contributed by atoms with Crippen molar-refractivity contribution < 1.29 is 13.2 Å². The lowest BCUT2D eigenvalue weighted by Crippen LogP contribution is -2.19. The van der Waals surface area contributed by atoms with E-state index in [0.29, 0.717) is 18.8 Å². The van der Waals surface area contributed by atoms with Crippen molar-refractivity contribution in [1.29, 1.82) is 5.26 Å². The van der Waals surface area contributed by atoms with Crippen LogP contribution in [0.2, 0.25) is 0 Å². The zero-order chi connectivity index (χ0) is 22.5. The third-order valence-corrected chi connectivity index (χ3v) is 7.27. The lowest BCUT2D eigenvalue weighted by atomic mass is 10.1. The molecule has 2 rings (SSSR count). The summed E-state index contributed by atoms with van der Waals surface area (Å²) in [5, 5.41) is 9.41. The largest absolute Gasteiger partial charge is 0.439 e. The molecule has 0 amide bonds. The van der Waals surface area contributed by atoms with Gasteiger partial charge >= 0.3 is 0 Å². The van der Waals surface area contributed by atoms with Crippen LogP contribution in [0.1, 0.15) is 78.1 Å². The molecule has 1 aromatic rings. The number of anilines is 1. The highest BCUT2D eigenvalue weighted by molar-refractivity contribution is 7.95. The summed E-state index contributed by atoms with van der Waals surface area (Å²) in [6, 6.07) is 9.51. The van der Waals surface area contributed by atoms with Gasteiger partial charge in [0.2, 0.25) is 5.88 Å². The molecule has 0 aromatic heterocycles. The smallest absolute Gasteiger partial charge is 0.200 e. The zero-order valence-electron chi connectivity index (χ0n) is 19.0. The van der Waals surface area contributed by atoms with E-state index in [2.05, 4.69) is 6.92 Å². The highest BCUT2D eigenvalue weighted by Crippen LogP contribution is 2.38. The molecule has 1 heterocycles. The quantitative estimate of drug-likeness (QED) is 0.242. The van der Waals surface area contributed by atoms with Crippen LogP contribution in [0.3, 0.4) is 0 Å². The lowest BCUT2D eigenvalue weighted by Gasteiger charge is -2.14. The molecule has 0 spiro atoms. The first-order valence-electron chi connectivity index (χ1n) is 11.6. The molecule has 0 N–H and O–H groups in total. The zero-order valence-corrected chi connectivity index (χ0v) is 19.8. The van der Waals surface area contributed by atoms with Crippen molar-refractivity contribution in [3.8, 4) is 11.8 Å². The summed E-state index contributed by atoms with van der Waals surface area (Å²) in [7, 11) is -3.58. The fourth-order valence-corrected chi connectivity index (χ4v) is 4.97. The highest BCUT2D eigenvalue weighted by atomic mass is 32.2. The molecule has 5 nitrogen and oxygen atoms in total. The minimum atomic E-state index is -3.58. The minimum absolute atomic E-state index is 0.0185. The number of sulfone groups is 1. The standard InChI is InChI=1S/C25H36N2O3S/c1-3-5-6-7-8-9-10-11-12-15-20-31(28,29)22(21-26)18-19-25-27(4-2)23-16-13-14-17-24(23)30-25/h13-14,16-19H,3-12,15,20H2,1-2H3. The van der Waals surface area contributed by atoms with Gasteiger partial charge in [0.15, 0.2) is 15.6 Å². The molecular formula is C25H36N2O3S. The number of fused-ring (bicyclic) bond motifs is 1. The number of benzene rings is 1. The SMILES string of the molecule is CCCCCCCCCCCCS(=O)(=O)C(C#N)=CC=C1Oc2ccccc2N1CC. The third kappa shape index (κ3) is 7.74. The first kappa shape index (κ1) is 25.0. The molecule has 6 heteroatoms. The van der Waals surface area contributed by atoms with Gasteiger partial charge in [-0.15, -0.1) is 0 Å². The molecule has 31 heavy (non-hydrogen) atoms. The predicted molar refractivity (Wildman–Crippen MR) is 127 cm³/mol. The van der Waals surface area contributed by atoms with Crippen molar-refractivity contribution in [2.75, 3.05) is 17.2 Å². The van der Waals surface area contributed by atoms with Gasteiger partial charge < -0.3 is 9.64 Å². The summed E-state index contributed by atoms with van der Waals surface area (Å²) in [6.07, 6.45) is 14.3. The number of hydrogen-bond donors (Lipinski definition) is 0. The second-order valence-electron chi connectivity index (χ2n) is 7.96. The second kappa shape index (κ2) is 13.2. The minimum Gasteiger partial charge on any atom is -0.439 e. The fourth-order valence-electron chi connectivity index (χ4n) is 3.75. The molecule has 0 saturated carbocycles. The highest BCUT2D eigenvalue weighted by Gasteiger charge is 2.24. The second-order valence-corrected chi connectivity index (χ2v) is 10.0. The van der Waals surface area contributed by atoms with Gasteiger partial charge in [0.25, 0.3) is 0 Å². The molecule has 1 aliphatic rings. The maximum Gasteiger partial charge on any atom is 0.200 e. The average Bonchev–Trinajstić information content (AvgIpc) is 3.12. The molecule has 0 unspecified atom stereocenters. The Balaban J connectivity index is 1.83. The predicted octanol–water partition coefficient (Wildman–Crippen LogP) is 6.49. The van der Waals surface area contributed by atoms with E-state index in [1.807, 2.05) is 42.2 Å². The molecule has 0 atom stereocenters. The summed E-state index contributed by atoms with van der Waals surface area (Å²) in [5.41, 5.74) is 0.941. The summed E-state index contributed by atoms with van der Waals surface area (Å²) in [5.74, 6) is 1.28. The van der Waals surface area contributed by atoms with Gasteiger partial charge in [0, 0.05) is 12.6 Å². The summed E-state index contributed by atoms with van der Waals surface area (Å²) >= 11 is 0. The molecule has 1 aliphatic heterocycles. The number of ether oxygens (including phenoxy) is 1. The van der Waals surface area contributed by atoms with Crippen molar-refractivity contribution in [1.82, 2.24) is 0 Å². The normalized spacial score (nSPS) is 15.1. The van der Waals surface area contributed by atoms with Crippen LogP contribution in [0.5, 0.6) is 5.75 Å². The van der Waals surface area contributed by atoms with Gasteiger partial charge in [-0.05, 0) is 31.6 Å².